The second kappa shape index (κ2) is 5.31. The van der Waals surface area contributed by atoms with Crippen LogP contribution in [0.4, 0.5) is 0 Å². The van der Waals surface area contributed by atoms with E-state index in [1.807, 2.05) is 53.2 Å². The Kier molecular flexibility index (Phi) is 4.34. The average molecular weight is 305 g/mol. The molecule has 0 heterocycles. The monoisotopic (exact) mass is 305 g/mol. The third kappa shape index (κ3) is 3.26. The van der Waals surface area contributed by atoms with E-state index in [0.29, 0.717) is 6.42 Å². The Morgan fingerprint density at radius 3 is 2.50 bits per heavy atom. The predicted octanol–water partition coefficient (Wildman–Crippen LogP) is 1.96. The number of likely N-dealkylation sites (N-methyl/N-ethyl adjacent to an activating group) is 1. The van der Waals surface area contributed by atoms with Crippen LogP contribution < -0.4 is 0 Å². The van der Waals surface area contributed by atoms with Crippen molar-refractivity contribution in [3.8, 4) is 0 Å². The van der Waals surface area contributed by atoms with Crippen molar-refractivity contribution >= 4 is 28.8 Å². The Hall–Kier alpha value is -0.620. The molecule has 1 atom stereocenters. The molecule has 0 aliphatic rings. The van der Waals surface area contributed by atoms with Gasteiger partial charge in [-0.2, -0.15) is 0 Å². The normalized spacial score (nSPS) is 12.8. The first-order valence-electron chi connectivity index (χ1n) is 4.26. The first-order chi connectivity index (χ1) is 6.61. The van der Waals surface area contributed by atoms with Gasteiger partial charge in [0, 0.05) is 22.9 Å². The average Bonchev–Trinajstić information content (AvgIpc) is 2.15. The number of aliphatic carboxylic acids is 1. The van der Waals surface area contributed by atoms with Crippen LogP contribution in [0.1, 0.15) is 5.56 Å². The molecular formula is C10H12INO2. The maximum Gasteiger partial charge on any atom is 0.322 e. The molecule has 76 valence electrons. The van der Waals surface area contributed by atoms with Crippen molar-refractivity contribution < 1.29 is 9.90 Å². The highest BCUT2D eigenvalue weighted by molar-refractivity contribution is 14.1. The number of nitrogens with zero attached hydrogens (tertiary/aromatic N) is 1. The molecular weight excluding hydrogens is 293 g/mol. The Morgan fingerprint density at radius 2 is 2.07 bits per heavy atom. The lowest BCUT2D eigenvalue weighted by molar-refractivity contribution is -0.140. The highest BCUT2D eigenvalue weighted by Crippen LogP contribution is 2.11. The number of rotatable bonds is 4. The van der Waals surface area contributed by atoms with E-state index in [1.165, 1.54) is 0 Å². The van der Waals surface area contributed by atoms with Crippen molar-refractivity contribution in [3.05, 3.63) is 35.9 Å². The number of carboxylic acids is 1. The molecule has 0 bridgehead atoms. The van der Waals surface area contributed by atoms with Crippen molar-refractivity contribution in [1.29, 1.82) is 0 Å². The Bertz CT molecular complexity index is 300. The fraction of sp³-hybridized carbons (Fsp3) is 0.300. The highest BCUT2D eigenvalue weighted by atomic mass is 127. The van der Waals surface area contributed by atoms with Crippen molar-refractivity contribution in [2.24, 2.45) is 0 Å². The van der Waals surface area contributed by atoms with E-state index in [-0.39, 0.29) is 0 Å². The van der Waals surface area contributed by atoms with Crippen molar-refractivity contribution in [3.63, 3.8) is 0 Å². The van der Waals surface area contributed by atoms with Crippen LogP contribution in [0.25, 0.3) is 0 Å². The van der Waals surface area contributed by atoms with Gasteiger partial charge in [-0.1, -0.05) is 30.3 Å². The molecule has 1 aromatic rings. The minimum Gasteiger partial charge on any atom is -0.480 e. The molecule has 3 nitrogen and oxygen atoms in total. The molecule has 1 rings (SSSR count). The summed E-state index contributed by atoms with van der Waals surface area (Å²) in [5.41, 5.74) is 1.04. The maximum absolute atomic E-state index is 10.9. The van der Waals surface area contributed by atoms with Crippen LogP contribution in [0.15, 0.2) is 30.3 Å². The van der Waals surface area contributed by atoms with Gasteiger partial charge in [-0.3, -0.25) is 4.79 Å². The van der Waals surface area contributed by atoms with E-state index in [9.17, 15) is 4.79 Å². The van der Waals surface area contributed by atoms with Crippen LogP contribution in [0, 0.1) is 0 Å². The van der Waals surface area contributed by atoms with Gasteiger partial charge in [0.05, 0.1) is 0 Å². The number of carbonyl (C=O) groups is 1. The Balaban J connectivity index is 2.70. The number of carboxylic acid groups (broad SMARTS) is 1. The number of benzene rings is 1. The largest absolute Gasteiger partial charge is 0.480 e. The summed E-state index contributed by atoms with van der Waals surface area (Å²) in [5, 5.41) is 8.96. The summed E-state index contributed by atoms with van der Waals surface area (Å²) in [4.78, 5) is 10.9. The molecule has 0 fully saturated rings. The van der Waals surface area contributed by atoms with Crippen molar-refractivity contribution in [1.82, 2.24) is 3.11 Å². The van der Waals surface area contributed by atoms with Gasteiger partial charge in [0.2, 0.25) is 0 Å². The number of halogens is 1. The quantitative estimate of drug-likeness (QED) is 0.683. The van der Waals surface area contributed by atoms with Crippen molar-refractivity contribution in [2.45, 2.75) is 12.5 Å². The Labute approximate surface area is 97.2 Å². The molecule has 0 aliphatic carbocycles. The molecule has 0 aliphatic heterocycles. The zero-order valence-electron chi connectivity index (χ0n) is 7.85. The molecule has 4 heteroatoms. The summed E-state index contributed by atoms with van der Waals surface area (Å²) in [6.07, 6.45) is 0.537. The van der Waals surface area contributed by atoms with E-state index in [0.717, 1.165) is 5.56 Å². The SMILES string of the molecule is CN(I)[C@@H](Cc1ccccc1)C(=O)O. The van der Waals surface area contributed by atoms with Gasteiger partial charge < -0.3 is 5.11 Å². The lowest BCUT2D eigenvalue weighted by Gasteiger charge is -2.17. The molecule has 1 aromatic carbocycles. The number of hydrogen-bond acceptors (Lipinski definition) is 2. The second-order valence-corrected chi connectivity index (χ2v) is 4.59. The predicted molar refractivity (Wildman–Crippen MR) is 63.4 cm³/mol. The van der Waals surface area contributed by atoms with Crippen molar-refractivity contribution in [2.75, 3.05) is 7.05 Å². The second-order valence-electron chi connectivity index (χ2n) is 3.07. The van der Waals surface area contributed by atoms with Crippen LogP contribution in [0.2, 0.25) is 0 Å². The van der Waals surface area contributed by atoms with Gasteiger partial charge in [-0.05, 0) is 19.0 Å². The first kappa shape index (κ1) is 11.5. The lowest BCUT2D eigenvalue weighted by atomic mass is 10.1. The standard InChI is InChI=1S/C10H12INO2/c1-12(11)9(10(13)14)7-8-5-3-2-4-6-8/h2-6,9H,7H2,1H3,(H,13,14)/t9-/m0/s1. The fourth-order valence-corrected chi connectivity index (χ4v) is 1.64. The zero-order chi connectivity index (χ0) is 10.6. The third-order valence-electron chi connectivity index (χ3n) is 1.99. The highest BCUT2D eigenvalue weighted by Gasteiger charge is 2.20. The third-order valence-corrected chi connectivity index (χ3v) is 2.66. The summed E-state index contributed by atoms with van der Waals surface area (Å²) < 4.78 is 1.69. The van der Waals surface area contributed by atoms with E-state index < -0.39 is 12.0 Å². The van der Waals surface area contributed by atoms with E-state index in [4.69, 9.17) is 5.11 Å². The summed E-state index contributed by atoms with van der Waals surface area (Å²) in [6, 6.07) is 9.18. The molecule has 0 saturated carbocycles. The zero-order valence-corrected chi connectivity index (χ0v) is 10.0. The lowest BCUT2D eigenvalue weighted by Crippen LogP contribution is -2.33. The van der Waals surface area contributed by atoms with Gasteiger partial charge >= 0.3 is 5.97 Å². The van der Waals surface area contributed by atoms with Crippen LogP contribution in [0.3, 0.4) is 0 Å². The molecule has 0 amide bonds. The molecule has 0 spiro atoms. The Morgan fingerprint density at radius 1 is 1.50 bits per heavy atom. The van der Waals surface area contributed by atoms with Crippen LogP contribution in [0.5, 0.6) is 0 Å². The van der Waals surface area contributed by atoms with Gasteiger partial charge in [0.15, 0.2) is 0 Å². The summed E-state index contributed by atoms with van der Waals surface area (Å²) in [6.45, 7) is 0. The molecule has 1 N–H and O–H groups in total. The van der Waals surface area contributed by atoms with Crippen LogP contribution >= 0.6 is 22.9 Å². The molecule has 0 saturated heterocycles. The maximum atomic E-state index is 10.9. The van der Waals surface area contributed by atoms with Crippen LogP contribution in [-0.4, -0.2) is 27.3 Å². The summed E-state index contributed by atoms with van der Waals surface area (Å²) >= 11 is 2.00. The van der Waals surface area contributed by atoms with E-state index >= 15 is 0 Å². The van der Waals surface area contributed by atoms with Gasteiger partial charge in [0.1, 0.15) is 6.04 Å². The molecule has 14 heavy (non-hydrogen) atoms. The van der Waals surface area contributed by atoms with Gasteiger partial charge in [0.25, 0.3) is 0 Å². The summed E-state index contributed by atoms with van der Waals surface area (Å²) in [5.74, 6) is -0.786. The van der Waals surface area contributed by atoms with E-state index in [2.05, 4.69) is 0 Å². The minimum atomic E-state index is -0.786. The molecule has 0 aromatic heterocycles. The van der Waals surface area contributed by atoms with Gasteiger partial charge in [-0.25, -0.2) is 3.11 Å². The minimum absolute atomic E-state index is 0.460. The van der Waals surface area contributed by atoms with E-state index in [1.54, 1.807) is 10.2 Å². The first-order valence-corrected chi connectivity index (χ1v) is 5.23. The van der Waals surface area contributed by atoms with Gasteiger partial charge in [-0.15, -0.1) is 0 Å². The van der Waals surface area contributed by atoms with Crippen LogP contribution in [-0.2, 0) is 11.2 Å². The molecule has 0 radical (unpaired) electrons. The topological polar surface area (TPSA) is 40.5 Å². The smallest absolute Gasteiger partial charge is 0.322 e. The summed E-state index contributed by atoms with van der Waals surface area (Å²) in [7, 11) is 1.77. The molecule has 0 unspecified atom stereocenters. The number of hydrogen-bond donors (Lipinski definition) is 1. The fourth-order valence-electron chi connectivity index (χ4n) is 1.20.